The molecule has 3 heteroatoms. The molecular weight excluding hydrogens is 140 g/mol. The molecule has 0 aliphatic heterocycles. The van der Waals surface area contributed by atoms with E-state index in [1.54, 1.807) is 6.20 Å². The lowest BCUT2D eigenvalue weighted by Crippen LogP contribution is -2.14. The second-order valence-electron chi connectivity index (χ2n) is 2.38. The molecule has 0 saturated carbocycles. The number of nitrogens with one attached hydrogen (secondary N) is 1. The van der Waals surface area contributed by atoms with E-state index in [2.05, 4.69) is 4.98 Å². The van der Waals surface area contributed by atoms with E-state index in [0.717, 1.165) is 17.5 Å². The number of carbonyl (C=O) groups excluding carboxylic acids is 1. The normalized spacial score (nSPS) is 10.0. The minimum Gasteiger partial charge on any atom is -0.367 e. The molecule has 0 aromatic carbocycles. The maximum atomic E-state index is 11.1. The van der Waals surface area contributed by atoms with Gasteiger partial charge < -0.3 is 10.7 Å². The predicted octanol–water partition coefficient (Wildman–Crippen LogP) is 0.719. The van der Waals surface area contributed by atoms with Gasteiger partial charge in [-0.3, -0.25) is 4.79 Å². The van der Waals surface area contributed by atoms with Gasteiger partial charge >= 0.3 is 0 Å². The average molecular weight is 152 g/mol. The second kappa shape index (κ2) is 3.34. The molecule has 1 aromatic heterocycles. The van der Waals surface area contributed by atoms with Crippen LogP contribution in [0.3, 0.4) is 0 Å². The lowest BCUT2D eigenvalue weighted by atomic mass is 10.1. The number of ketones is 1. The molecule has 1 aromatic rings. The molecule has 1 heterocycles. The van der Waals surface area contributed by atoms with Crippen molar-refractivity contribution in [1.29, 1.82) is 0 Å². The number of nitrogens with two attached hydrogens (primary N) is 1. The van der Waals surface area contributed by atoms with Crippen LogP contribution in [0, 0.1) is 0 Å². The molecule has 0 amide bonds. The molecule has 3 N–H and O–H groups in total. The Hall–Kier alpha value is -1.09. The van der Waals surface area contributed by atoms with E-state index in [9.17, 15) is 4.79 Å². The minimum absolute atomic E-state index is 0.00287. The van der Waals surface area contributed by atoms with E-state index >= 15 is 0 Å². The summed E-state index contributed by atoms with van der Waals surface area (Å²) in [5.74, 6) is 0.00287. The number of Topliss-reactive ketones (excluding diaryl/α,β-unsaturated/α-hetero) is 1. The van der Waals surface area contributed by atoms with E-state index in [4.69, 9.17) is 5.73 Å². The van der Waals surface area contributed by atoms with Crippen molar-refractivity contribution in [1.82, 2.24) is 4.98 Å². The highest BCUT2D eigenvalue weighted by Crippen LogP contribution is 2.08. The summed E-state index contributed by atoms with van der Waals surface area (Å²) >= 11 is 0. The first-order chi connectivity index (χ1) is 5.29. The van der Waals surface area contributed by atoms with Gasteiger partial charge in [0.2, 0.25) is 0 Å². The molecule has 0 unspecified atom stereocenters. The number of carbonyl (C=O) groups is 1. The summed E-state index contributed by atoms with van der Waals surface area (Å²) in [6.45, 7) is 2.10. The zero-order valence-corrected chi connectivity index (χ0v) is 6.55. The fourth-order valence-electron chi connectivity index (χ4n) is 1.06. The number of aromatic nitrogens is 1. The van der Waals surface area contributed by atoms with Gasteiger partial charge in [-0.15, -0.1) is 0 Å². The van der Waals surface area contributed by atoms with Gasteiger partial charge in [-0.05, 0) is 12.0 Å². The Kier molecular flexibility index (Phi) is 2.44. The first-order valence-corrected chi connectivity index (χ1v) is 3.68. The highest BCUT2D eigenvalue weighted by Gasteiger charge is 2.08. The molecule has 0 fully saturated rings. The van der Waals surface area contributed by atoms with Gasteiger partial charge in [0, 0.05) is 18.0 Å². The molecular formula is C8H12N2O. The van der Waals surface area contributed by atoms with Crippen molar-refractivity contribution in [2.24, 2.45) is 5.73 Å². The fraction of sp³-hybridized carbons (Fsp3) is 0.375. The van der Waals surface area contributed by atoms with E-state index in [-0.39, 0.29) is 12.3 Å². The van der Waals surface area contributed by atoms with Crippen LogP contribution in [0.2, 0.25) is 0 Å². The van der Waals surface area contributed by atoms with Gasteiger partial charge in [0.05, 0.1) is 6.54 Å². The topological polar surface area (TPSA) is 58.9 Å². The third-order valence-corrected chi connectivity index (χ3v) is 1.70. The first kappa shape index (κ1) is 8.01. The average Bonchev–Trinajstić information content (AvgIpc) is 2.50. The molecule has 0 atom stereocenters. The van der Waals surface area contributed by atoms with Crippen LogP contribution in [0.15, 0.2) is 12.4 Å². The highest BCUT2D eigenvalue weighted by atomic mass is 16.1. The van der Waals surface area contributed by atoms with Gasteiger partial charge in [0.1, 0.15) is 0 Å². The summed E-state index contributed by atoms with van der Waals surface area (Å²) in [6, 6.07) is 0. The summed E-state index contributed by atoms with van der Waals surface area (Å²) in [5.41, 5.74) is 7.00. The Balaban J connectivity index is 2.92. The zero-order chi connectivity index (χ0) is 8.27. The van der Waals surface area contributed by atoms with E-state index in [1.165, 1.54) is 0 Å². The fourth-order valence-corrected chi connectivity index (χ4v) is 1.06. The molecule has 0 bridgehead atoms. The lowest BCUT2D eigenvalue weighted by Gasteiger charge is -1.95. The smallest absolute Gasteiger partial charge is 0.178 e. The van der Waals surface area contributed by atoms with Crippen molar-refractivity contribution in [3.8, 4) is 0 Å². The predicted molar refractivity (Wildman–Crippen MR) is 43.6 cm³/mol. The molecule has 0 aliphatic carbocycles. The maximum absolute atomic E-state index is 11.1. The Morgan fingerprint density at radius 3 is 2.91 bits per heavy atom. The van der Waals surface area contributed by atoms with Crippen LogP contribution in [0.4, 0.5) is 0 Å². The van der Waals surface area contributed by atoms with Crippen LogP contribution in [0.5, 0.6) is 0 Å². The monoisotopic (exact) mass is 152 g/mol. The quantitative estimate of drug-likeness (QED) is 0.627. The number of hydrogen-bond acceptors (Lipinski definition) is 2. The van der Waals surface area contributed by atoms with E-state index < -0.39 is 0 Å². The summed E-state index contributed by atoms with van der Waals surface area (Å²) < 4.78 is 0. The SMILES string of the molecule is CCc1c[nH]cc1C(=O)CN. The molecule has 0 spiro atoms. The van der Waals surface area contributed by atoms with Crippen LogP contribution >= 0.6 is 0 Å². The van der Waals surface area contributed by atoms with Crippen molar-refractivity contribution in [3.63, 3.8) is 0 Å². The van der Waals surface area contributed by atoms with Crippen molar-refractivity contribution >= 4 is 5.78 Å². The van der Waals surface area contributed by atoms with Crippen LogP contribution in [0.25, 0.3) is 0 Å². The van der Waals surface area contributed by atoms with Crippen molar-refractivity contribution in [3.05, 3.63) is 23.5 Å². The number of rotatable bonds is 3. The minimum atomic E-state index is 0.00287. The van der Waals surface area contributed by atoms with Crippen LogP contribution in [-0.2, 0) is 6.42 Å². The highest BCUT2D eigenvalue weighted by molar-refractivity contribution is 5.98. The molecule has 0 radical (unpaired) electrons. The molecule has 60 valence electrons. The standard InChI is InChI=1S/C8H12N2O/c1-2-6-4-10-5-7(6)8(11)3-9/h4-5,10H,2-3,9H2,1H3. The largest absolute Gasteiger partial charge is 0.367 e. The van der Waals surface area contributed by atoms with Gasteiger partial charge in [0.15, 0.2) is 5.78 Å². The summed E-state index contributed by atoms with van der Waals surface area (Å²) in [6.07, 6.45) is 4.40. The second-order valence-corrected chi connectivity index (χ2v) is 2.38. The molecule has 1 rings (SSSR count). The molecule has 11 heavy (non-hydrogen) atoms. The first-order valence-electron chi connectivity index (χ1n) is 3.68. The molecule has 0 aliphatic rings. The molecule has 3 nitrogen and oxygen atoms in total. The lowest BCUT2D eigenvalue weighted by molar-refractivity contribution is 0.100. The maximum Gasteiger partial charge on any atom is 0.178 e. The van der Waals surface area contributed by atoms with Gasteiger partial charge in [-0.1, -0.05) is 6.92 Å². The van der Waals surface area contributed by atoms with Crippen LogP contribution in [-0.4, -0.2) is 17.3 Å². The van der Waals surface area contributed by atoms with E-state index in [1.807, 2.05) is 13.1 Å². The van der Waals surface area contributed by atoms with Crippen molar-refractivity contribution in [2.75, 3.05) is 6.54 Å². The Bertz CT molecular complexity index is 252. The van der Waals surface area contributed by atoms with Gasteiger partial charge in [-0.25, -0.2) is 0 Å². The van der Waals surface area contributed by atoms with Gasteiger partial charge in [0.25, 0.3) is 0 Å². The number of aromatic amines is 1. The number of aryl methyl sites for hydroxylation is 1. The Morgan fingerprint density at radius 2 is 2.36 bits per heavy atom. The third-order valence-electron chi connectivity index (χ3n) is 1.70. The van der Waals surface area contributed by atoms with Gasteiger partial charge in [-0.2, -0.15) is 0 Å². The van der Waals surface area contributed by atoms with E-state index in [0.29, 0.717) is 0 Å². The Labute approximate surface area is 65.6 Å². The molecule has 0 saturated heterocycles. The number of H-pyrrole nitrogens is 1. The van der Waals surface area contributed by atoms with Crippen molar-refractivity contribution in [2.45, 2.75) is 13.3 Å². The van der Waals surface area contributed by atoms with Crippen molar-refractivity contribution < 1.29 is 4.79 Å². The Morgan fingerprint density at radius 1 is 1.64 bits per heavy atom. The summed E-state index contributed by atoms with van der Waals surface area (Å²) in [4.78, 5) is 14.0. The zero-order valence-electron chi connectivity index (χ0n) is 6.55. The summed E-state index contributed by atoms with van der Waals surface area (Å²) in [5, 5.41) is 0. The summed E-state index contributed by atoms with van der Waals surface area (Å²) in [7, 11) is 0. The third kappa shape index (κ3) is 1.49. The van der Waals surface area contributed by atoms with Crippen LogP contribution < -0.4 is 5.73 Å². The number of hydrogen-bond donors (Lipinski definition) is 2. The van der Waals surface area contributed by atoms with Crippen LogP contribution in [0.1, 0.15) is 22.8 Å².